The maximum atomic E-state index is 6.53. The van der Waals surface area contributed by atoms with Crippen LogP contribution in [0.4, 0.5) is 0 Å². The van der Waals surface area contributed by atoms with Crippen LogP contribution in [0.25, 0.3) is 21.3 Å². The van der Waals surface area contributed by atoms with E-state index in [0.29, 0.717) is 5.15 Å². The fraction of sp³-hybridized carbons (Fsp3) is 0.333. The normalized spacial score (nSPS) is 11.5. The number of aromatic nitrogens is 2. The third-order valence-corrected chi connectivity index (χ3v) is 5.91. The minimum atomic E-state index is 0.554. The van der Waals surface area contributed by atoms with Gasteiger partial charge in [-0.25, -0.2) is 9.97 Å². The van der Waals surface area contributed by atoms with E-state index < -0.39 is 0 Å². The molecule has 0 amide bonds. The first-order valence-corrected chi connectivity index (χ1v) is 10.0. The van der Waals surface area contributed by atoms with Crippen LogP contribution in [0.15, 0.2) is 35.5 Å². The Labute approximate surface area is 156 Å². The molecular formula is C18H20ClN3S2. The van der Waals surface area contributed by atoms with Crippen molar-refractivity contribution >= 4 is 44.9 Å². The van der Waals surface area contributed by atoms with E-state index in [1.807, 2.05) is 18.2 Å². The zero-order valence-electron chi connectivity index (χ0n) is 14.0. The van der Waals surface area contributed by atoms with Crippen LogP contribution in [-0.2, 0) is 0 Å². The lowest BCUT2D eigenvalue weighted by Gasteiger charge is -2.08. The number of fused-ring (bicyclic) bond motifs is 1. The van der Waals surface area contributed by atoms with Gasteiger partial charge in [-0.1, -0.05) is 53.7 Å². The molecule has 0 N–H and O–H groups in total. The maximum Gasteiger partial charge on any atom is 0.190 e. The minimum absolute atomic E-state index is 0.554. The summed E-state index contributed by atoms with van der Waals surface area (Å²) in [6.07, 6.45) is 1.11. The van der Waals surface area contributed by atoms with Gasteiger partial charge in [0.2, 0.25) is 0 Å². The van der Waals surface area contributed by atoms with Crippen LogP contribution in [0.1, 0.15) is 11.3 Å². The van der Waals surface area contributed by atoms with Gasteiger partial charge in [-0.15, -0.1) is 11.3 Å². The summed E-state index contributed by atoms with van der Waals surface area (Å²) in [7, 11) is 4.17. The predicted octanol–water partition coefficient (Wildman–Crippen LogP) is 5.36. The molecule has 3 aromatic rings. The van der Waals surface area contributed by atoms with Crippen LogP contribution in [0.5, 0.6) is 0 Å². The molecule has 2 aromatic heterocycles. The number of benzene rings is 1. The molecule has 3 nitrogen and oxygen atoms in total. The number of aryl methyl sites for hydroxylation is 1. The Morgan fingerprint density at radius 3 is 2.62 bits per heavy atom. The molecule has 3 rings (SSSR count). The van der Waals surface area contributed by atoms with Gasteiger partial charge in [-0.2, -0.15) is 0 Å². The molecule has 6 heteroatoms. The maximum absolute atomic E-state index is 6.53. The van der Waals surface area contributed by atoms with Gasteiger partial charge >= 0.3 is 0 Å². The van der Waals surface area contributed by atoms with Crippen molar-refractivity contribution in [3.05, 3.63) is 40.4 Å². The topological polar surface area (TPSA) is 29.0 Å². The van der Waals surface area contributed by atoms with Gasteiger partial charge < -0.3 is 4.90 Å². The van der Waals surface area contributed by atoms with E-state index >= 15 is 0 Å². The molecule has 0 fully saturated rings. The molecule has 24 heavy (non-hydrogen) atoms. The molecule has 2 heterocycles. The van der Waals surface area contributed by atoms with Crippen molar-refractivity contribution in [2.24, 2.45) is 0 Å². The molecule has 1 aromatic carbocycles. The Hall–Kier alpha value is -1.14. The van der Waals surface area contributed by atoms with Crippen molar-refractivity contribution in [1.29, 1.82) is 0 Å². The van der Waals surface area contributed by atoms with Crippen LogP contribution in [0.2, 0.25) is 5.15 Å². The van der Waals surface area contributed by atoms with E-state index in [9.17, 15) is 0 Å². The quantitative estimate of drug-likeness (QED) is 0.250. The smallest absolute Gasteiger partial charge is 0.190 e. The lowest BCUT2D eigenvalue weighted by Crippen LogP contribution is -2.13. The highest BCUT2D eigenvalue weighted by Gasteiger charge is 2.17. The summed E-state index contributed by atoms with van der Waals surface area (Å²) >= 11 is 9.89. The Morgan fingerprint density at radius 2 is 1.92 bits per heavy atom. The molecule has 0 saturated carbocycles. The van der Waals surface area contributed by atoms with E-state index in [0.717, 1.165) is 45.2 Å². The summed E-state index contributed by atoms with van der Waals surface area (Å²) in [5, 5.41) is 2.30. The van der Waals surface area contributed by atoms with Gasteiger partial charge in [0.1, 0.15) is 9.98 Å². The number of hydrogen-bond acceptors (Lipinski definition) is 5. The molecule has 0 bridgehead atoms. The summed E-state index contributed by atoms with van der Waals surface area (Å²) in [5.41, 5.74) is 2.32. The van der Waals surface area contributed by atoms with Crippen molar-refractivity contribution in [3.63, 3.8) is 0 Å². The first-order valence-electron chi connectivity index (χ1n) is 7.86. The monoisotopic (exact) mass is 377 g/mol. The van der Waals surface area contributed by atoms with E-state index in [1.54, 1.807) is 23.1 Å². The van der Waals surface area contributed by atoms with Gasteiger partial charge in [-0.3, -0.25) is 0 Å². The van der Waals surface area contributed by atoms with Crippen molar-refractivity contribution in [2.75, 3.05) is 26.4 Å². The van der Waals surface area contributed by atoms with Crippen molar-refractivity contribution in [3.8, 4) is 11.1 Å². The fourth-order valence-corrected chi connectivity index (χ4v) is 4.85. The van der Waals surface area contributed by atoms with Gasteiger partial charge in [0.05, 0.1) is 5.39 Å². The van der Waals surface area contributed by atoms with E-state index in [1.165, 1.54) is 4.88 Å². The second-order valence-electron chi connectivity index (χ2n) is 5.88. The zero-order chi connectivity index (χ0) is 17.1. The lowest BCUT2D eigenvalue weighted by atomic mass is 10.0. The average molecular weight is 378 g/mol. The summed E-state index contributed by atoms with van der Waals surface area (Å²) in [5.74, 6) is 0.996. The first-order chi connectivity index (χ1) is 11.6. The Bertz CT molecular complexity index is 831. The molecule has 0 radical (unpaired) electrons. The van der Waals surface area contributed by atoms with Crippen LogP contribution in [0.3, 0.4) is 0 Å². The third-order valence-electron chi connectivity index (χ3n) is 3.71. The van der Waals surface area contributed by atoms with Crippen molar-refractivity contribution < 1.29 is 0 Å². The highest BCUT2D eigenvalue weighted by Crippen LogP contribution is 2.41. The molecule has 0 aliphatic heterocycles. The van der Waals surface area contributed by atoms with Crippen LogP contribution >= 0.6 is 34.7 Å². The molecule has 0 unspecified atom stereocenters. The number of thiophene rings is 1. The molecule has 0 aliphatic rings. The van der Waals surface area contributed by atoms with Gasteiger partial charge in [0.15, 0.2) is 5.16 Å². The Kier molecular flexibility index (Phi) is 5.76. The van der Waals surface area contributed by atoms with E-state index in [-0.39, 0.29) is 0 Å². The number of thioether (sulfide) groups is 1. The number of halogens is 1. The number of hydrogen-bond donors (Lipinski definition) is 0. The van der Waals surface area contributed by atoms with Crippen LogP contribution in [0, 0.1) is 6.92 Å². The third kappa shape index (κ3) is 3.91. The minimum Gasteiger partial charge on any atom is -0.309 e. The van der Waals surface area contributed by atoms with Crippen molar-refractivity contribution in [2.45, 2.75) is 18.5 Å². The standard InChI is InChI=1S/C18H20ClN3S2/c1-12-14(13-8-5-4-6-9-13)15-16(19)20-18(21-17(15)24-12)23-11-7-10-22(2)3/h4-6,8-9H,7,10-11H2,1-3H3. The molecule has 0 aliphatic carbocycles. The number of rotatable bonds is 6. The molecule has 126 valence electrons. The summed E-state index contributed by atoms with van der Waals surface area (Å²) in [6, 6.07) is 10.3. The zero-order valence-corrected chi connectivity index (χ0v) is 16.4. The van der Waals surface area contributed by atoms with Gasteiger partial charge in [0, 0.05) is 16.2 Å². The highest BCUT2D eigenvalue weighted by atomic mass is 35.5. The average Bonchev–Trinajstić information content (AvgIpc) is 2.89. The molecule has 0 spiro atoms. The fourth-order valence-electron chi connectivity index (χ4n) is 2.61. The molecule has 0 saturated heterocycles. The SMILES string of the molecule is Cc1sc2nc(SCCCN(C)C)nc(Cl)c2c1-c1ccccc1. The van der Waals surface area contributed by atoms with Crippen molar-refractivity contribution in [1.82, 2.24) is 14.9 Å². The van der Waals surface area contributed by atoms with Crippen LogP contribution in [-0.4, -0.2) is 41.3 Å². The summed E-state index contributed by atoms with van der Waals surface area (Å²) < 4.78 is 0. The molecule has 0 atom stereocenters. The Balaban J connectivity index is 1.90. The highest BCUT2D eigenvalue weighted by molar-refractivity contribution is 7.99. The summed E-state index contributed by atoms with van der Waals surface area (Å²) in [4.78, 5) is 13.6. The lowest BCUT2D eigenvalue weighted by molar-refractivity contribution is 0.410. The summed E-state index contributed by atoms with van der Waals surface area (Å²) in [6.45, 7) is 3.19. The second kappa shape index (κ2) is 7.83. The Morgan fingerprint density at radius 1 is 1.17 bits per heavy atom. The molecular weight excluding hydrogens is 358 g/mol. The van der Waals surface area contributed by atoms with Gasteiger partial charge in [-0.05, 0) is 39.5 Å². The second-order valence-corrected chi connectivity index (χ2v) is 8.50. The van der Waals surface area contributed by atoms with Gasteiger partial charge in [0.25, 0.3) is 0 Å². The first kappa shape index (κ1) is 17.7. The largest absolute Gasteiger partial charge is 0.309 e. The van der Waals surface area contributed by atoms with E-state index in [4.69, 9.17) is 16.6 Å². The predicted molar refractivity (Wildman–Crippen MR) is 106 cm³/mol. The van der Waals surface area contributed by atoms with Crippen LogP contribution < -0.4 is 0 Å². The van der Waals surface area contributed by atoms with E-state index in [2.05, 4.69) is 43.0 Å². The number of nitrogens with zero attached hydrogens (tertiary/aromatic N) is 3.